The van der Waals surface area contributed by atoms with Gasteiger partial charge < -0.3 is 15.0 Å². The van der Waals surface area contributed by atoms with E-state index in [9.17, 15) is 23.1 Å². The Labute approximate surface area is 193 Å². The van der Waals surface area contributed by atoms with Gasteiger partial charge in [0, 0.05) is 29.1 Å². The molecule has 0 aliphatic rings. The van der Waals surface area contributed by atoms with Crippen LogP contribution >= 0.6 is 11.6 Å². The number of aromatic nitrogens is 1. The van der Waals surface area contributed by atoms with Gasteiger partial charge in [-0.1, -0.05) is 54.1 Å². The number of benzene rings is 3. The van der Waals surface area contributed by atoms with Crippen LogP contribution in [0.5, 0.6) is 0 Å². The number of hydrogen-bond donors (Lipinski definition) is 2. The van der Waals surface area contributed by atoms with Crippen LogP contribution in [-0.2, 0) is 30.5 Å². The standard InChI is InChI=1S/C25H20ClF3N2O2/c26-19-9-10-22-20(12-19)21(13-23(32)33)24(31(22)15-16-5-2-1-3-6-16)30-14-17-7-4-8-18(11-17)25(27,28)29/h1-12,30H,13-15H2,(H,32,33). The fourth-order valence-electron chi connectivity index (χ4n) is 3.90. The lowest BCUT2D eigenvalue weighted by Gasteiger charge is -2.15. The zero-order valence-electron chi connectivity index (χ0n) is 17.4. The largest absolute Gasteiger partial charge is 0.481 e. The van der Waals surface area contributed by atoms with Crippen LogP contribution in [0.2, 0.25) is 5.02 Å². The van der Waals surface area contributed by atoms with Crippen molar-refractivity contribution in [2.75, 3.05) is 5.32 Å². The zero-order valence-corrected chi connectivity index (χ0v) is 18.1. The molecule has 170 valence electrons. The first-order valence-electron chi connectivity index (χ1n) is 10.2. The Kier molecular flexibility index (Phi) is 6.33. The summed E-state index contributed by atoms with van der Waals surface area (Å²) < 4.78 is 41.3. The number of alkyl halides is 3. The van der Waals surface area contributed by atoms with E-state index in [-0.39, 0.29) is 13.0 Å². The van der Waals surface area contributed by atoms with Crippen molar-refractivity contribution in [2.45, 2.75) is 25.7 Å². The summed E-state index contributed by atoms with van der Waals surface area (Å²) in [4.78, 5) is 11.7. The second kappa shape index (κ2) is 9.19. The van der Waals surface area contributed by atoms with Crippen molar-refractivity contribution in [3.05, 3.63) is 100 Å². The van der Waals surface area contributed by atoms with Crippen molar-refractivity contribution in [2.24, 2.45) is 0 Å². The van der Waals surface area contributed by atoms with Crippen molar-refractivity contribution in [1.82, 2.24) is 4.57 Å². The molecule has 0 amide bonds. The normalized spacial score (nSPS) is 11.6. The van der Waals surface area contributed by atoms with Crippen LogP contribution in [0, 0.1) is 0 Å². The SMILES string of the molecule is O=C(O)Cc1c(NCc2cccc(C(F)(F)F)c2)n(Cc2ccccc2)c2ccc(Cl)cc12. The van der Waals surface area contributed by atoms with E-state index < -0.39 is 17.7 Å². The highest BCUT2D eigenvalue weighted by Crippen LogP contribution is 2.34. The van der Waals surface area contributed by atoms with Gasteiger partial charge in [-0.25, -0.2) is 0 Å². The first kappa shape index (κ1) is 22.7. The van der Waals surface area contributed by atoms with E-state index in [2.05, 4.69) is 5.32 Å². The lowest BCUT2D eigenvalue weighted by atomic mass is 10.1. The van der Waals surface area contributed by atoms with Gasteiger partial charge >= 0.3 is 12.1 Å². The fraction of sp³-hybridized carbons (Fsp3) is 0.160. The second-order valence-corrected chi connectivity index (χ2v) is 8.12. The van der Waals surface area contributed by atoms with Crippen molar-refractivity contribution in [1.29, 1.82) is 0 Å². The average Bonchev–Trinajstić information content (AvgIpc) is 3.04. The summed E-state index contributed by atoms with van der Waals surface area (Å²) in [5.41, 5.74) is 2.01. The highest BCUT2D eigenvalue weighted by Gasteiger charge is 2.30. The first-order valence-corrected chi connectivity index (χ1v) is 10.6. The molecule has 0 bridgehead atoms. The van der Waals surface area contributed by atoms with E-state index >= 15 is 0 Å². The topological polar surface area (TPSA) is 54.3 Å². The van der Waals surface area contributed by atoms with E-state index in [0.29, 0.717) is 33.9 Å². The predicted octanol–water partition coefficient (Wildman–Crippen LogP) is 6.60. The summed E-state index contributed by atoms with van der Waals surface area (Å²) in [6.07, 6.45) is -4.70. The number of aliphatic carboxylic acids is 1. The number of halogens is 4. The van der Waals surface area contributed by atoms with Gasteiger partial charge in [0.2, 0.25) is 0 Å². The van der Waals surface area contributed by atoms with Crippen LogP contribution < -0.4 is 5.32 Å². The Morgan fingerprint density at radius 1 is 0.970 bits per heavy atom. The number of carboxylic acids is 1. The lowest BCUT2D eigenvalue weighted by molar-refractivity contribution is -0.138. The average molecular weight is 473 g/mol. The van der Waals surface area contributed by atoms with Gasteiger partial charge in [-0.2, -0.15) is 13.2 Å². The van der Waals surface area contributed by atoms with Crippen molar-refractivity contribution < 1.29 is 23.1 Å². The minimum Gasteiger partial charge on any atom is -0.481 e. The minimum atomic E-state index is -4.44. The quantitative estimate of drug-likeness (QED) is 0.318. The van der Waals surface area contributed by atoms with E-state index in [1.54, 1.807) is 18.2 Å². The van der Waals surface area contributed by atoms with Crippen LogP contribution in [0.3, 0.4) is 0 Å². The molecule has 0 unspecified atom stereocenters. The van der Waals surface area contributed by atoms with Crippen molar-refractivity contribution in [3.63, 3.8) is 0 Å². The number of carboxylic acid groups (broad SMARTS) is 1. The molecular weight excluding hydrogens is 453 g/mol. The highest BCUT2D eigenvalue weighted by atomic mass is 35.5. The van der Waals surface area contributed by atoms with E-state index in [1.165, 1.54) is 6.07 Å². The van der Waals surface area contributed by atoms with Gasteiger partial charge in [0.1, 0.15) is 5.82 Å². The first-order chi connectivity index (χ1) is 15.7. The van der Waals surface area contributed by atoms with Gasteiger partial charge in [-0.05, 0) is 41.5 Å². The van der Waals surface area contributed by atoms with Gasteiger partial charge in [-0.3, -0.25) is 4.79 Å². The molecule has 3 aromatic carbocycles. The summed E-state index contributed by atoms with van der Waals surface area (Å²) in [5, 5.41) is 13.9. The molecule has 33 heavy (non-hydrogen) atoms. The number of anilines is 1. The smallest absolute Gasteiger partial charge is 0.416 e. The molecule has 0 saturated carbocycles. The van der Waals surface area contributed by atoms with Crippen molar-refractivity contribution >= 4 is 34.3 Å². The second-order valence-electron chi connectivity index (χ2n) is 7.68. The third-order valence-corrected chi connectivity index (χ3v) is 5.59. The van der Waals surface area contributed by atoms with Gasteiger partial charge in [0.25, 0.3) is 0 Å². The molecule has 1 heterocycles. The number of fused-ring (bicyclic) bond motifs is 1. The predicted molar refractivity (Wildman–Crippen MR) is 123 cm³/mol. The summed E-state index contributed by atoms with van der Waals surface area (Å²) in [6, 6.07) is 20.0. The maximum atomic E-state index is 13.1. The maximum Gasteiger partial charge on any atom is 0.416 e. The molecule has 8 heteroatoms. The molecule has 0 atom stereocenters. The molecule has 4 nitrogen and oxygen atoms in total. The highest BCUT2D eigenvalue weighted by molar-refractivity contribution is 6.31. The number of carbonyl (C=O) groups is 1. The van der Waals surface area contributed by atoms with Crippen LogP contribution in [0.1, 0.15) is 22.3 Å². The Bertz CT molecular complexity index is 1300. The Hall–Kier alpha value is -3.45. The van der Waals surface area contributed by atoms with Crippen molar-refractivity contribution in [3.8, 4) is 0 Å². The van der Waals surface area contributed by atoms with Crippen LogP contribution in [0.25, 0.3) is 10.9 Å². The Balaban J connectivity index is 1.79. The molecule has 0 saturated heterocycles. The molecule has 0 aliphatic heterocycles. The number of nitrogens with one attached hydrogen (secondary N) is 1. The third kappa shape index (κ3) is 5.14. The van der Waals surface area contributed by atoms with E-state index in [0.717, 1.165) is 23.2 Å². The number of nitrogens with zero attached hydrogens (tertiary/aromatic N) is 1. The molecule has 4 aromatic rings. The van der Waals surface area contributed by atoms with Crippen LogP contribution in [0.15, 0.2) is 72.8 Å². The third-order valence-electron chi connectivity index (χ3n) is 5.36. The maximum absolute atomic E-state index is 13.1. The number of hydrogen-bond acceptors (Lipinski definition) is 2. The van der Waals surface area contributed by atoms with Gasteiger partial charge in [0.15, 0.2) is 0 Å². The van der Waals surface area contributed by atoms with Crippen LogP contribution in [0.4, 0.5) is 19.0 Å². The minimum absolute atomic E-state index is 0.0926. The monoisotopic (exact) mass is 472 g/mol. The Morgan fingerprint density at radius 3 is 2.39 bits per heavy atom. The van der Waals surface area contributed by atoms with E-state index in [4.69, 9.17) is 11.6 Å². The molecule has 0 fully saturated rings. The molecule has 1 aromatic heterocycles. The molecule has 2 N–H and O–H groups in total. The summed E-state index contributed by atoms with van der Waals surface area (Å²) in [6.45, 7) is 0.541. The molecule has 4 rings (SSSR count). The molecule has 0 radical (unpaired) electrons. The molecule has 0 spiro atoms. The molecule has 0 aliphatic carbocycles. The fourth-order valence-corrected chi connectivity index (χ4v) is 4.07. The van der Waals surface area contributed by atoms with Crippen LogP contribution in [-0.4, -0.2) is 15.6 Å². The zero-order chi connectivity index (χ0) is 23.6. The van der Waals surface area contributed by atoms with E-state index in [1.807, 2.05) is 41.0 Å². The summed E-state index contributed by atoms with van der Waals surface area (Å²) in [7, 11) is 0. The lowest BCUT2D eigenvalue weighted by Crippen LogP contribution is -2.12. The summed E-state index contributed by atoms with van der Waals surface area (Å²) >= 11 is 6.20. The van der Waals surface area contributed by atoms with Gasteiger partial charge in [0.05, 0.1) is 17.5 Å². The van der Waals surface area contributed by atoms with Gasteiger partial charge in [-0.15, -0.1) is 0 Å². The Morgan fingerprint density at radius 2 is 1.70 bits per heavy atom. The number of rotatable bonds is 7. The molecular formula is C25H20ClF3N2O2. The summed E-state index contributed by atoms with van der Waals surface area (Å²) in [5.74, 6) is -0.480.